The topological polar surface area (TPSA) is 3.88 Å². The van der Waals surface area contributed by atoms with Crippen LogP contribution in [-0.4, -0.2) is 0 Å². The molecule has 5 aromatic rings. The highest BCUT2D eigenvalue weighted by Crippen LogP contribution is 2.40. The number of pyridine rings is 1. The van der Waals surface area contributed by atoms with Crippen molar-refractivity contribution in [1.29, 1.82) is 0 Å². The van der Waals surface area contributed by atoms with Crippen LogP contribution >= 0.6 is 0 Å². The van der Waals surface area contributed by atoms with Crippen molar-refractivity contribution in [2.45, 2.75) is 45.1 Å². The van der Waals surface area contributed by atoms with Gasteiger partial charge in [0.15, 0.2) is 11.7 Å². The van der Waals surface area contributed by atoms with Crippen molar-refractivity contribution < 1.29 is 4.57 Å². The molecule has 0 aliphatic carbocycles. The molecular weight excluding hydrogens is 398 g/mol. The van der Waals surface area contributed by atoms with E-state index >= 15 is 0 Å². The molecule has 33 heavy (non-hydrogen) atoms. The lowest BCUT2D eigenvalue weighted by atomic mass is 9.86. The zero-order valence-electron chi connectivity index (χ0n) is 19.5. The number of nitrogens with zero attached hydrogens (tertiary/aromatic N) is 1. The van der Waals surface area contributed by atoms with Gasteiger partial charge in [0, 0.05) is 30.7 Å². The van der Waals surface area contributed by atoms with E-state index in [0.717, 1.165) is 19.3 Å². The van der Waals surface area contributed by atoms with Crippen LogP contribution in [0.5, 0.6) is 0 Å². The van der Waals surface area contributed by atoms with Crippen LogP contribution in [0.2, 0.25) is 0 Å². The highest BCUT2D eigenvalue weighted by atomic mass is 15.0. The van der Waals surface area contributed by atoms with Crippen molar-refractivity contribution in [3.8, 4) is 22.3 Å². The molecule has 0 bridgehead atoms. The van der Waals surface area contributed by atoms with Crippen LogP contribution in [-0.2, 0) is 12.0 Å². The van der Waals surface area contributed by atoms with Crippen LogP contribution in [0.15, 0.2) is 97.2 Å². The van der Waals surface area contributed by atoms with Gasteiger partial charge in [-0.1, -0.05) is 80.6 Å². The SMILES string of the molecule is CCC1(CC)CCc2ccc(-c3cccc(-c4ccccc4)c3)c3ccc4ccc[n+]1c4c23. The van der Waals surface area contributed by atoms with Gasteiger partial charge in [-0.3, -0.25) is 0 Å². The Kier molecular flexibility index (Phi) is 4.80. The molecule has 4 aromatic carbocycles. The molecule has 0 saturated carbocycles. The second-order valence-corrected chi connectivity index (χ2v) is 9.45. The minimum absolute atomic E-state index is 0.181. The first-order valence-electron chi connectivity index (χ1n) is 12.3. The lowest BCUT2D eigenvalue weighted by molar-refractivity contribution is -0.743. The summed E-state index contributed by atoms with van der Waals surface area (Å²) in [6, 6.07) is 33.6. The quantitative estimate of drug-likeness (QED) is 0.201. The largest absolute Gasteiger partial charge is 0.221 e. The van der Waals surface area contributed by atoms with Crippen LogP contribution in [0.25, 0.3) is 43.9 Å². The lowest BCUT2D eigenvalue weighted by Gasteiger charge is -2.25. The first kappa shape index (κ1) is 20.2. The van der Waals surface area contributed by atoms with Gasteiger partial charge in [0.2, 0.25) is 5.52 Å². The summed E-state index contributed by atoms with van der Waals surface area (Å²) in [6.45, 7) is 4.71. The second-order valence-electron chi connectivity index (χ2n) is 9.45. The van der Waals surface area contributed by atoms with Gasteiger partial charge < -0.3 is 0 Å². The minimum atomic E-state index is 0.181. The molecule has 0 saturated heterocycles. The Labute approximate surface area is 196 Å². The monoisotopic (exact) mass is 428 g/mol. The molecule has 2 heterocycles. The van der Waals surface area contributed by atoms with E-state index in [4.69, 9.17) is 0 Å². The predicted molar refractivity (Wildman–Crippen MR) is 139 cm³/mol. The van der Waals surface area contributed by atoms with Crippen molar-refractivity contribution in [2.24, 2.45) is 0 Å². The van der Waals surface area contributed by atoms with Crippen molar-refractivity contribution in [1.82, 2.24) is 0 Å². The molecule has 0 spiro atoms. The molecule has 1 aliphatic heterocycles. The van der Waals surface area contributed by atoms with E-state index in [1.54, 1.807) is 0 Å². The van der Waals surface area contributed by atoms with E-state index in [9.17, 15) is 0 Å². The summed E-state index contributed by atoms with van der Waals surface area (Å²) in [5.74, 6) is 0. The summed E-state index contributed by atoms with van der Waals surface area (Å²) < 4.78 is 2.62. The first-order valence-corrected chi connectivity index (χ1v) is 12.3. The molecule has 1 aliphatic rings. The molecule has 1 aromatic heterocycles. The van der Waals surface area contributed by atoms with Crippen LogP contribution in [0.1, 0.15) is 38.7 Å². The number of hydrogen-bond donors (Lipinski definition) is 0. The highest BCUT2D eigenvalue weighted by molar-refractivity contribution is 6.11. The van der Waals surface area contributed by atoms with Crippen LogP contribution < -0.4 is 4.57 Å². The van der Waals surface area contributed by atoms with Gasteiger partial charge in [0.05, 0.1) is 5.39 Å². The molecule has 0 unspecified atom stereocenters. The Morgan fingerprint density at radius 1 is 0.727 bits per heavy atom. The Morgan fingerprint density at radius 3 is 2.33 bits per heavy atom. The van der Waals surface area contributed by atoms with Crippen LogP contribution in [0.3, 0.4) is 0 Å². The molecule has 0 fully saturated rings. The van der Waals surface area contributed by atoms with Crippen molar-refractivity contribution in [3.05, 3.63) is 103 Å². The minimum Gasteiger partial charge on any atom is -0.192 e. The van der Waals surface area contributed by atoms with Gasteiger partial charge >= 0.3 is 0 Å². The van der Waals surface area contributed by atoms with E-state index in [0.29, 0.717) is 0 Å². The van der Waals surface area contributed by atoms with Gasteiger partial charge in [-0.15, -0.1) is 0 Å². The first-order chi connectivity index (χ1) is 16.2. The average Bonchev–Trinajstić information content (AvgIpc) is 3.04. The van der Waals surface area contributed by atoms with Crippen molar-refractivity contribution in [3.63, 3.8) is 0 Å². The molecule has 0 atom stereocenters. The third kappa shape index (κ3) is 3.10. The summed E-state index contributed by atoms with van der Waals surface area (Å²) in [5, 5.41) is 4.15. The maximum Gasteiger partial charge on any atom is 0.221 e. The molecular formula is C32H30N+. The lowest BCUT2D eigenvalue weighted by Crippen LogP contribution is -2.55. The van der Waals surface area contributed by atoms with E-state index in [2.05, 4.69) is 116 Å². The maximum atomic E-state index is 2.62. The van der Waals surface area contributed by atoms with Crippen LogP contribution in [0.4, 0.5) is 0 Å². The fraction of sp³-hybridized carbons (Fsp3) is 0.219. The molecule has 6 rings (SSSR count). The summed E-state index contributed by atoms with van der Waals surface area (Å²) in [6.07, 6.45) is 6.96. The van der Waals surface area contributed by atoms with E-state index in [1.165, 1.54) is 55.9 Å². The van der Waals surface area contributed by atoms with Gasteiger partial charge in [-0.05, 0) is 57.8 Å². The fourth-order valence-corrected chi connectivity index (χ4v) is 6.00. The normalized spacial score (nSPS) is 14.6. The number of hydrogen-bond acceptors (Lipinski definition) is 0. The second kappa shape index (κ2) is 7.85. The van der Waals surface area contributed by atoms with Crippen molar-refractivity contribution in [2.75, 3.05) is 0 Å². The number of aromatic nitrogens is 1. The molecule has 1 nitrogen and oxygen atoms in total. The smallest absolute Gasteiger partial charge is 0.192 e. The van der Waals surface area contributed by atoms with E-state index in [1.807, 2.05) is 0 Å². The van der Waals surface area contributed by atoms with Gasteiger partial charge in [0.1, 0.15) is 0 Å². The Balaban J connectivity index is 1.64. The van der Waals surface area contributed by atoms with Gasteiger partial charge in [0.25, 0.3) is 0 Å². The summed E-state index contributed by atoms with van der Waals surface area (Å²) in [5.41, 5.74) is 8.21. The fourth-order valence-electron chi connectivity index (χ4n) is 6.00. The molecule has 1 heteroatoms. The highest BCUT2D eigenvalue weighted by Gasteiger charge is 2.40. The molecule has 162 valence electrons. The van der Waals surface area contributed by atoms with Gasteiger partial charge in [-0.2, -0.15) is 4.57 Å². The van der Waals surface area contributed by atoms with Crippen LogP contribution in [0, 0.1) is 0 Å². The van der Waals surface area contributed by atoms with Crippen molar-refractivity contribution >= 4 is 21.7 Å². The van der Waals surface area contributed by atoms with E-state index < -0.39 is 0 Å². The third-order valence-electron chi connectivity index (χ3n) is 7.99. The zero-order valence-corrected chi connectivity index (χ0v) is 19.5. The number of rotatable bonds is 4. The molecule has 0 amide bonds. The maximum absolute atomic E-state index is 2.62. The molecule has 0 N–H and O–H groups in total. The average molecular weight is 429 g/mol. The van der Waals surface area contributed by atoms with E-state index in [-0.39, 0.29) is 5.54 Å². The molecule has 0 radical (unpaired) electrons. The summed E-state index contributed by atoms with van der Waals surface area (Å²) in [7, 11) is 0. The zero-order chi connectivity index (χ0) is 22.4. The Morgan fingerprint density at radius 2 is 1.52 bits per heavy atom. The standard InChI is InChI=1S/C32H30N/c1-3-32(4-2)20-19-24-15-17-28(27-13-8-12-26(22-27)23-10-6-5-7-11-23)29-18-16-25-14-9-21-33(32)31(25)30(24)29/h5-18,21-22H,3-4,19-20H2,1-2H3/q+1. The Bertz CT molecular complexity index is 1480. The summed E-state index contributed by atoms with van der Waals surface area (Å²) in [4.78, 5) is 0. The number of aryl methyl sites for hydroxylation is 1. The third-order valence-corrected chi connectivity index (χ3v) is 7.99. The van der Waals surface area contributed by atoms with Gasteiger partial charge in [-0.25, -0.2) is 0 Å². The Hall–Kier alpha value is -3.45. The summed E-state index contributed by atoms with van der Waals surface area (Å²) >= 11 is 0. The predicted octanol–water partition coefficient (Wildman–Crippen LogP) is 8.08. The number of benzene rings is 4.